The molecule has 5 rings (SSSR count). The minimum Gasteiger partial charge on any atom is -0.343 e. The first kappa shape index (κ1) is 21.1. The largest absolute Gasteiger partial charge is 0.343 e. The van der Waals surface area contributed by atoms with Gasteiger partial charge < -0.3 is 9.88 Å². The van der Waals surface area contributed by atoms with Crippen molar-refractivity contribution in [1.82, 2.24) is 9.88 Å². The van der Waals surface area contributed by atoms with Crippen LogP contribution < -0.4 is 5.32 Å². The lowest BCUT2D eigenvalue weighted by Crippen LogP contribution is -2.13. The fourth-order valence-corrected chi connectivity index (χ4v) is 4.23. The molecule has 0 aliphatic heterocycles. The summed E-state index contributed by atoms with van der Waals surface area (Å²) in [6.07, 6.45) is 2.17. The molecule has 1 heterocycles. The Kier molecular flexibility index (Phi) is 6.01. The van der Waals surface area contributed by atoms with E-state index in [0.717, 1.165) is 29.3 Å². The summed E-state index contributed by atoms with van der Waals surface area (Å²) in [7, 11) is 0. The summed E-state index contributed by atoms with van der Waals surface area (Å²) in [6, 6.07) is 30.9. The maximum absolute atomic E-state index is 14.0. The molecule has 0 spiro atoms. The lowest BCUT2D eigenvalue weighted by Gasteiger charge is -2.07. The van der Waals surface area contributed by atoms with E-state index in [2.05, 4.69) is 58.5 Å². The summed E-state index contributed by atoms with van der Waals surface area (Å²) < 4.78 is 29.5. The number of aromatic nitrogens is 1. The Morgan fingerprint density at radius 2 is 1.39 bits per heavy atom. The molecule has 1 N–H and O–H groups in total. The van der Waals surface area contributed by atoms with Crippen LogP contribution in [0.3, 0.4) is 0 Å². The molecule has 0 bridgehead atoms. The van der Waals surface area contributed by atoms with E-state index in [9.17, 15) is 8.78 Å². The molecular formula is C29H24F2N2. The minimum atomic E-state index is -0.561. The summed E-state index contributed by atoms with van der Waals surface area (Å²) in [5.41, 5.74) is 6.31. The second-order valence-corrected chi connectivity index (χ2v) is 8.21. The predicted molar refractivity (Wildman–Crippen MR) is 130 cm³/mol. The molecule has 0 saturated carbocycles. The standard InChI is InChI=1S/C29H24F2N2/c30-26-13-11-24(28(31)16-26)17-32-18-25-20-33(19-21-7-3-1-4-8-21)29-14-12-23(15-27(25)29)22-9-5-2-6-10-22/h1-16,20,32H,17-19H2. The summed E-state index contributed by atoms with van der Waals surface area (Å²) in [6.45, 7) is 1.68. The molecule has 0 unspecified atom stereocenters. The van der Waals surface area contributed by atoms with Gasteiger partial charge in [-0.2, -0.15) is 0 Å². The van der Waals surface area contributed by atoms with Crippen LogP contribution in [0.25, 0.3) is 22.0 Å². The Bertz CT molecular complexity index is 1380. The third-order valence-corrected chi connectivity index (χ3v) is 5.91. The van der Waals surface area contributed by atoms with Crippen molar-refractivity contribution in [1.29, 1.82) is 0 Å². The number of benzene rings is 4. The first-order chi connectivity index (χ1) is 16.2. The number of hydrogen-bond donors (Lipinski definition) is 1. The summed E-state index contributed by atoms with van der Waals surface area (Å²) >= 11 is 0. The van der Waals surface area contributed by atoms with Gasteiger partial charge in [0.2, 0.25) is 0 Å². The number of nitrogens with one attached hydrogen (secondary N) is 1. The first-order valence-corrected chi connectivity index (χ1v) is 11.0. The molecule has 0 aliphatic rings. The summed E-state index contributed by atoms with van der Waals surface area (Å²) in [5.74, 6) is -1.09. The average molecular weight is 439 g/mol. The highest BCUT2D eigenvalue weighted by molar-refractivity contribution is 5.88. The van der Waals surface area contributed by atoms with Gasteiger partial charge in [0.1, 0.15) is 11.6 Å². The summed E-state index contributed by atoms with van der Waals surface area (Å²) in [5, 5.41) is 4.50. The van der Waals surface area contributed by atoms with Crippen LogP contribution in [0, 0.1) is 11.6 Å². The highest BCUT2D eigenvalue weighted by atomic mass is 19.1. The number of rotatable bonds is 7. The van der Waals surface area contributed by atoms with E-state index < -0.39 is 11.6 Å². The number of hydrogen-bond acceptors (Lipinski definition) is 1. The molecule has 0 aliphatic carbocycles. The Morgan fingerprint density at radius 3 is 2.15 bits per heavy atom. The highest BCUT2D eigenvalue weighted by Gasteiger charge is 2.11. The predicted octanol–water partition coefficient (Wildman–Crippen LogP) is 6.92. The van der Waals surface area contributed by atoms with Gasteiger partial charge in [-0.15, -0.1) is 0 Å². The van der Waals surface area contributed by atoms with Crippen LogP contribution in [0.4, 0.5) is 8.78 Å². The zero-order valence-corrected chi connectivity index (χ0v) is 18.1. The van der Waals surface area contributed by atoms with Crippen LogP contribution in [-0.2, 0) is 19.6 Å². The Hall–Kier alpha value is -3.76. The van der Waals surface area contributed by atoms with Gasteiger partial charge in [0.25, 0.3) is 0 Å². The van der Waals surface area contributed by atoms with E-state index in [-0.39, 0.29) is 0 Å². The van der Waals surface area contributed by atoms with Gasteiger partial charge in [-0.3, -0.25) is 0 Å². The van der Waals surface area contributed by atoms with E-state index >= 15 is 0 Å². The van der Waals surface area contributed by atoms with Crippen molar-refractivity contribution in [3.63, 3.8) is 0 Å². The van der Waals surface area contributed by atoms with E-state index in [1.807, 2.05) is 36.4 Å². The van der Waals surface area contributed by atoms with Crippen molar-refractivity contribution in [2.24, 2.45) is 0 Å². The van der Waals surface area contributed by atoms with E-state index in [1.165, 1.54) is 28.6 Å². The van der Waals surface area contributed by atoms with Crippen LogP contribution in [0.15, 0.2) is 103 Å². The molecule has 0 saturated heterocycles. The number of fused-ring (bicyclic) bond motifs is 1. The topological polar surface area (TPSA) is 17.0 Å². The molecule has 4 heteroatoms. The molecule has 0 radical (unpaired) electrons. The van der Waals surface area contributed by atoms with Crippen molar-refractivity contribution < 1.29 is 8.78 Å². The molecule has 0 amide bonds. The van der Waals surface area contributed by atoms with Crippen LogP contribution >= 0.6 is 0 Å². The monoisotopic (exact) mass is 438 g/mol. The van der Waals surface area contributed by atoms with E-state index in [4.69, 9.17) is 0 Å². The van der Waals surface area contributed by atoms with Crippen molar-refractivity contribution in [2.75, 3.05) is 0 Å². The maximum Gasteiger partial charge on any atom is 0.130 e. The maximum atomic E-state index is 14.0. The molecule has 1 aromatic heterocycles. The second-order valence-electron chi connectivity index (χ2n) is 8.21. The molecule has 0 fully saturated rings. The van der Waals surface area contributed by atoms with Crippen LogP contribution in [0.5, 0.6) is 0 Å². The van der Waals surface area contributed by atoms with Crippen molar-refractivity contribution in [2.45, 2.75) is 19.6 Å². The fraction of sp³-hybridized carbons (Fsp3) is 0.103. The molecule has 33 heavy (non-hydrogen) atoms. The molecule has 2 nitrogen and oxygen atoms in total. The lowest BCUT2D eigenvalue weighted by molar-refractivity contribution is 0.560. The zero-order chi connectivity index (χ0) is 22.6. The van der Waals surface area contributed by atoms with Crippen LogP contribution in [0.2, 0.25) is 0 Å². The fourth-order valence-electron chi connectivity index (χ4n) is 4.23. The average Bonchev–Trinajstić information content (AvgIpc) is 3.18. The number of nitrogens with zero attached hydrogens (tertiary/aromatic N) is 1. The second kappa shape index (κ2) is 9.39. The third kappa shape index (κ3) is 4.71. The lowest BCUT2D eigenvalue weighted by atomic mass is 10.0. The first-order valence-electron chi connectivity index (χ1n) is 11.0. The van der Waals surface area contributed by atoms with Crippen LogP contribution in [0.1, 0.15) is 16.7 Å². The van der Waals surface area contributed by atoms with Gasteiger partial charge >= 0.3 is 0 Å². The Labute approximate surface area is 192 Å². The summed E-state index contributed by atoms with van der Waals surface area (Å²) in [4.78, 5) is 0. The Balaban J connectivity index is 1.46. The van der Waals surface area contributed by atoms with E-state index in [0.29, 0.717) is 18.7 Å². The van der Waals surface area contributed by atoms with Gasteiger partial charge in [0.05, 0.1) is 0 Å². The molecule has 4 aromatic carbocycles. The van der Waals surface area contributed by atoms with Gasteiger partial charge in [-0.05, 0) is 40.5 Å². The molecule has 164 valence electrons. The van der Waals surface area contributed by atoms with Crippen LogP contribution in [-0.4, -0.2) is 4.57 Å². The van der Waals surface area contributed by atoms with Crippen molar-refractivity contribution in [3.05, 3.63) is 132 Å². The minimum absolute atomic E-state index is 0.329. The third-order valence-electron chi connectivity index (χ3n) is 5.91. The highest BCUT2D eigenvalue weighted by Crippen LogP contribution is 2.29. The molecule has 0 atom stereocenters. The van der Waals surface area contributed by atoms with Gasteiger partial charge in [-0.1, -0.05) is 72.8 Å². The quantitative estimate of drug-likeness (QED) is 0.292. The molecule has 5 aromatic rings. The SMILES string of the molecule is Fc1ccc(CNCc2cn(Cc3ccccc3)c3ccc(-c4ccccc4)cc23)c(F)c1. The van der Waals surface area contributed by atoms with Crippen molar-refractivity contribution in [3.8, 4) is 11.1 Å². The van der Waals surface area contributed by atoms with Gasteiger partial charge in [-0.25, -0.2) is 8.78 Å². The zero-order valence-electron chi connectivity index (χ0n) is 18.1. The smallest absolute Gasteiger partial charge is 0.130 e. The Morgan fingerprint density at radius 1 is 0.667 bits per heavy atom. The van der Waals surface area contributed by atoms with Gasteiger partial charge in [0.15, 0.2) is 0 Å². The van der Waals surface area contributed by atoms with Crippen molar-refractivity contribution >= 4 is 10.9 Å². The van der Waals surface area contributed by atoms with E-state index in [1.54, 1.807) is 0 Å². The molecular weight excluding hydrogens is 414 g/mol. The number of halogens is 2. The normalized spacial score (nSPS) is 11.2. The van der Waals surface area contributed by atoms with Gasteiger partial charge in [0, 0.05) is 48.4 Å².